The zero-order chi connectivity index (χ0) is 22.7. The Labute approximate surface area is 186 Å². The highest BCUT2D eigenvalue weighted by Gasteiger charge is 2.17. The van der Waals surface area contributed by atoms with E-state index in [2.05, 4.69) is 41.9 Å². The van der Waals surface area contributed by atoms with E-state index in [0.717, 1.165) is 22.4 Å². The van der Waals surface area contributed by atoms with E-state index in [1.807, 2.05) is 46.0 Å². The number of aryl methyl sites for hydroxylation is 3. The van der Waals surface area contributed by atoms with Crippen molar-refractivity contribution in [1.29, 1.82) is 0 Å². The highest BCUT2D eigenvalue weighted by Crippen LogP contribution is 2.26. The van der Waals surface area contributed by atoms with Gasteiger partial charge in [0.1, 0.15) is 0 Å². The molecule has 0 saturated carbocycles. The van der Waals surface area contributed by atoms with Crippen molar-refractivity contribution in [3.8, 4) is 16.9 Å². The number of aromatic nitrogens is 7. The van der Waals surface area contributed by atoms with Crippen LogP contribution in [0.5, 0.6) is 0 Å². The van der Waals surface area contributed by atoms with E-state index in [0.29, 0.717) is 29.2 Å². The Morgan fingerprint density at radius 3 is 2.66 bits per heavy atom. The number of hydrogen-bond donors (Lipinski definition) is 1. The maximum atomic E-state index is 13.2. The van der Waals surface area contributed by atoms with E-state index >= 15 is 0 Å². The van der Waals surface area contributed by atoms with E-state index in [1.165, 1.54) is 0 Å². The van der Waals surface area contributed by atoms with Crippen LogP contribution < -0.4 is 5.32 Å². The van der Waals surface area contributed by atoms with E-state index in [4.69, 9.17) is 0 Å². The largest absolute Gasteiger partial charge is 0.344 e. The molecule has 162 valence electrons. The molecule has 1 unspecified atom stereocenters. The van der Waals surface area contributed by atoms with Crippen LogP contribution in [0.4, 0.5) is 0 Å². The minimum Gasteiger partial charge on any atom is -0.344 e. The van der Waals surface area contributed by atoms with E-state index in [1.54, 1.807) is 29.3 Å². The second kappa shape index (κ2) is 9.01. The molecule has 9 nitrogen and oxygen atoms in total. The summed E-state index contributed by atoms with van der Waals surface area (Å²) in [4.78, 5) is 26.1. The molecule has 3 aromatic heterocycles. The number of carbonyl (C=O) groups is 1. The van der Waals surface area contributed by atoms with Gasteiger partial charge in [-0.3, -0.25) is 19.7 Å². The molecule has 0 bridgehead atoms. The van der Waals surface area contributed by atoms with Gasteiger partial charge in [0, 0.05) is 36.1 Å². The Bertz CT molecular complexity index is 1250. The van der Waals surface area contributed by atoms with Crippen molar-refractivity contribution in [2.45, 2.75) is 40.2 Å². The third kappa shape index (κ3) is 4.36. The third-order valence-corrected chi connectivity index (χ3v) is 5.14. The third-order valence-electron chi connectivity index (χ3n) is 5.14. The molecule has 9 heteroatoms. The van der Waals surface area contributed by atoms with Gasteiger partial charge in [0.25, 0.3) is 5.91 Å². The van der Waals surface area contributed by atoms with Crippen LogP contribution in [0.25, 0.3) is 16.9 Å². The molecule has 0 saturated heterocycles. The molecule has 1 aromatic carbocycles. The Morgan fingerprint density at radius 2 is 1.94 bits per heavy atom. The van der Waals surface area contributed by atoms with E-state index in [-0.39, 0.29) is 11.9 Å². The van der Waals surface area contributed by atoms with Crippen molar-refractivity contribution in [3.63, 3.8) is 0 Å². The number of benzene rings is 1. The smallest absolute Gasteiger partial charge is 0.251 e. The number of nitrogens with one attached hydrogen (secondary N) is 1. The van der Waals surface area contributed by atoms with Crippen LogP contribution in [-0.2, 0) is 6.42 Å². The van der Waals surface area contributed by atoms with Crippen LogP contribution in [0.1, 0.15) is 52.9 Å². The summed E-state index contributed by atoms with van der Waals surface area (Å²) in [5, 5.41) is 15.0. The molecule has 1 amide bonds. The van der Waals surface area contributed by atoms with E-state index in [9.17, 15) is 4.79 Å². The molecule has 0 aliphatic heterocycles. The number of hydrogen-bond acceptors (Lipinski definition) is 7. The first-order valence-corrected chi connectivity index (χ1v) is 10.4. The fourth-order valence-electron chi connectivity index (χ4n) is 3.53. The monoisotopic (exact) mass is 428 g/mol. The second-order valence-corrected chi connectivity index (χ2v) is 7.63. The van der Waals surface area contributed by atoms with Crippen molar-refractivity contribution < 1.29 is 4.79 Å². The molecule has 0 aliphatic rings. The van der Waals surface area contributed by atoms with Crippen molar-refractivity contribution in [2.24, 2.45) is 0 Å². The second-order valence-electron chi connectivity index (χ2n) is 7.63. The van der Waals surface area contributed by atoms with Crippen LogP contribution >= 0.6 is 0 Å². The summed E-state index contributed by atoms with van der Waals surface area (Å²) in [6.45, 7) is 7.86. The summed E-state index contributed by atoms with van der Waals surface area (Å²) >= 11 is 0. The van der Waals surface area contributed by atoms with Gasteiger partial charge in [0.2, 0.25) is 0 Å². The molecule has 0 fully saturated rings. The van der Waals surface area contributed by atoms with Crippen LogP contribution in [0.2, 0.25) is 0 Å². The first-order valence-electron chi connectivity index (χ1n) is 10.4. The summed E-state index contributed by atoms with van der Waals surface area (Å²) in [6, 6.07) is 7.33. The molecule has 1 atom stereocenters. The molecular weight excluding hydrogens is 404 g/mol. The van der Waals surface area contributed by atoms with Gasteiger partial charge in [-0.05, 0) is 60.5 Å². The Kier molecular flexibility index (Phi) is 5.98. The Morgan fingerprint density at radius 1 is 1.09 bits per heavy atom. The maximum Gasteiger partial charge on any atom is 0.251 e. The Balaban J connectivity index is 1.77. The molecule has 3 heterocycles. The van der Waals surface area contributed by atoms with Gasteiger partial charge in [-0.2, -0.15) is 4.68 Å². The molecule has 4 rings (SSSR count). The molecule has 0 radical (unpaired) electrons. The quantitative estimate of drug-likeness (QED) is 0.502. The average Bonchev–Trinajstić information content (AvgIpc) is 3.28. The number of amides is 1. The summed E-state index contributed by atoms with van der Waals surface area (Å²) in [5.74, 6) is 0.470. The van der Waals surface area contributed by atoms with Gasteiger partial charge >= 0.3 is 0 Å². The zero-order valence-electron chi connectivity index (χ0n) is 18.4. The predicted octanol–water partition coefficient (Wildman–Crippen LogP) is 3.18. The minimum atomic E-state index is -0.304. The van der Waals surface area contributed by atoms with Gasteiger partial charge in [-0.25, -0.2) is 0 Å². The number of rotatable bonds is 6. The van der Waals surface area contributed by atoms with Gasteiger partial charge in [0.15, 0.2) is 5.82 Å². The minimum absolute atomic E-state index is 0.234. The van der Waals surface area contributed by atoms with Gasteiger partial charge < -0.3 is 5.32 Å². The molecule has 4 aromatic rings. The lowest BCUT2D eigenvalue weighted by Crippen LogP contribution is -2.27. The normalized spacial score (nSPS) is 11.9. The topological polar surface area (TPSA) is 111 Å². The summed E-state index contributed by atoms with van der Waals surface area (Å²) < 4.78 is 1.65. The number of tetrazole rings is 1. The lowest BCUT2D eigenvalue weighted by Gasteiger charge is -2.15. The van der Waals surface area contributed by atoms with Gasteiger partial charge in [-0.1, -0.05) is 13.0 Å². The lowest BCUT2D eigenvalue weighted by atomic mass is 10.0. The summed E-state index contributed by atoms with van der Waals surface area (Å²) in [6.07, 6.45) is 7.32. The van der Waals surface area contributed by atoms with Gasteiger partial charge in [-0.15, -0.1) is 5.10 Å². The SMILES string of the molecule is CCc1nnnn1-c1cc(C(=O)NC(C)c2cnccn2)cc(-c2ncc(C)cc2C)c1. The summed E-state index contributed by atoms with van der Waals surface area (Å²) in [5.41, 5.74) is 5.58. The van der Waals surface area contributed by atoms with Crippen molar-refractivity contribution in [1.82, 2.24) is 40.5 Å². The maximum absolute atomic E-state index is 13.2. The fraction of sp³-hybridized carbons (Fsp3) is 0.261. The molecule has 0 aliphatic carbocycles. The summed E-state index contributed by atoms with van der Waals surface area (Å²) in [7, 11) is 0. The van der Waals surface area contributed by atoms with Crippen LogP contribution in [0, 0.1) is 13.8 Å². The highest BCUT2D eigenvalue weighted by atomic mass is 16.1. The fourth-order valence-corrected chi connectivity index (χ4v) is 3.53. The van der Waals surface area contributed by atoms with Crippen LogP contribution in [0.15, 0.2) is 49.1 Å². The van der Waals surface area contributed by atoms with Crippen LogP contribution in [-0.4, -0.2) is 41.1 Å². The van der Waals surface area contributed by atoms with Crippen molar-refractivity contribution >= 4 is 5.91 Å². The number of pyridine rings is 1. The molecule has 1 N–H and O–H groups in total. The first-order chi connectivity index (χ1) is 15.5. The van der Waals surface area contributed by atoms with Crippen LogP contribution in [0.3, 0.4) is 0 Å². The molecule has 32 heavy (non-hydrogen) atoms. The van der Waals surface area contributed by atoms with E-state index < -0.39 is 0 Å². The molecular formula is C23H24N8O. The highest BCUT2D eigenvalue weighted by molar-refractivity contribution is 5.96. The Hall–Kier alpha value is -4.01. The number of carbonyl (C=O) groups excluding carboxylic acids is 1. The van der Waals surface area contributed by atoms with Gasteiger partial charge in [0.05, 0.1) is 29.3 Å². The predicted molar refractivity (Wildman–Crippen MR) is 119 cm³/mol. The van der Waals surface area contributed by atoms with Crippen molar-refractivity contribution in [2.75, 3.05) is 0 Å². The average molecular weight is 429 g/mol. The molecule has 0 spiro atoms. The lowest BCUT2D eigenvalue weighted by molar-refractivity contribution is 0.0939. The van der Waals surface area contributed by atoms with Crippen molar-refractivity contribution in [3.05, 3.63) is 77.3 Å². The first kappa shape index (κ1) is 21.2. The standard InChI is InChI=1S/C23H24N8O/c1-5-21-28-29-30-31(21)19-10-17(22-15(3)8-14(2)12-26-22)9-18(11-19)23(32)27-16(4)20-13-24-6-7-25-20/h6-13,16H,5H2,1-4H3,(H,27,32). The number of nitrogens with zero attached hydrogens (tertiary/aromatic N) is 7. The zero-order valence-corrected chi connectivity index (χ0v) is 18.4.